The number of carboxylic acids is 1. The van der Waals surface area contributed by atoms with Crippen LogP contribution in [0.4, 0.5) is 0 Å². The molecule has 0 amide bonds. The first-order valence-corrected chi connectivity index (χ1v) is 2.66. The van der Waals surface area contributed by atoms with Crippen LogP contribution in [0.2, 0.25) is 0 Å². The standard InChI is InChI=1S/C6H9N3O2.ClH.H2O/c7-5(6(10)11)1-4-2-8-3-9-4;;/h2-3,5H,1,7H2,(H,8,9)(H,10,11);1H;1H2/t5-;;/m0../s1/i1+1D2,2+1D,3+1D,4+1,5+1D,6+1,7+1,8+1,9+1;;. The number of carboxylic acid groups (broad SMARTS) is 1. The minimum absolute atomic E-state index is 0. The molecule has 0 saturated heterocycles. The minimum Gasteiger partial charge on any atom is -0.480 e. The van der Waals surface area contributed by atoms with Gasteiger partial charge in [-0.1, -0.05) is 0 Å². The number of aromatic nitrogens is 2. The molecule has 1 aromatic rings. The molecule has 0 saturated carbocycles. The molecule has 1 aromatic heterocycles. The number of hydrogen-bond acceptors (Lipinski definition) is 3. The summed E-state index contributed by atoms with van der Waals surface area (Å²) in [4.78, 5) is 16.0. The normalized spacial score (nSPS) is 19.9. The minimum atomic E-state index is -2.97. The average Bonchev–Trinajstić information content (AvgIpc) is 2.45. The number of H-pyrrole nitrogens is 1. The second kappa shape index (κ2) is 6.41. The van der Waals surface area contributed by atoms with E-state index in [4.69, 9.17) is 17.7 Å². The summed E-state index contributed by atoms with van der Waals surface area (Å²) >= 11 is 0. The summed E-state index contributed by atoms with van der Waals surface area (Å²) in [6.45, 7) is 0. The van der Waals surface area contributed by atoms with Gasteiger partial charge in [0.15, 0.2) is 0 Å². The molecule has 0 aliphatic heterocycles. The number of imidazole rings is 1. The van der Waals surface area contributed by atoms with Gasteiger partial charge in [0.05, 0.1) is 9.04 Å². The number of nitrogens with two attached hydrogens (primary N) is 1. The average molecular weight is 224 g/mol. The van der Waals surface area contributed by atoms with Crippen molar-refractivity contribution in [2.45, 2.75) is 12.4 Å². The number of halogens is 1. The Hall–Kier alpha value is -1.11. The van der Waals surface area contributed by atoms with E-state index in [0.29, 0.717) is 0 Å². The van der Waals surface area contributed by atoms with Gasteiger partial charge in [-0.2, -0.15) is 0 Å². The van der Waals surface area contributed by atoms with E-state index >= 15 is 0 Å². The highest BCUT2D eigenvalue weighted by Crippen LogP contribution is 1.95. The Morgan fingerprint density at radius 1 is 2.08 bits per heavy atom. The molecule has 0 bridgehead atoms. The van der Waals surface area contributed by atoms with Gasteiger partial charge in [-0.15, -0.1) is 12.4 Å². The van der Waals surface area contributed by atoms with Crippen LogP contribution in [0.3, 0.4) is 0 Å². The Balaban J connectivity index is 0. The SMILES string of the molecule is Cl.O.[2H][13c]1[15n][13c]([2H])[13c]([13C]([2H])([2H])[13C@]([2H])([15NH2])[13C](=O)O)[15nH]1. The van der Waals surface area contributed by atoms with Gasteiger partial charge in [0.25, 0.3) is 0 Å². The smallest absolute Gasteiger partial charge is 0.320 e. The van der Waals surface area contributed by atoms with Crippen molar-refractivity contribution in [1.82, 2.24) is 9.97 Å². The number of carbonyl (C=O) groups is 1. The van der Waals surface area contributed by atoms with Crippen molar-refractivity contribution in [2.75, 3.05) is 0 Å². The Kier molecular flexibility index (Phi) is 3.14. The summed E-state index contributed by atoms with van der Waals surface area (Å²) < 4.78 is 36.4. The molecule has 6 nitrogen and oxygen atoms in total. The molecular formula is C6H12ClN3O3. The Bertz CT molecular complexity index is 438. The van der Waals surface area contributed by atoms with E-state index in [0.717, 1.165) is 0 Å². The van der Waals surface area contributed by atoms with Crippen molar-refractivity contribution >= 4 is 18.4 Å². The van der Waals surface area contributed by atoms with Gasteiger partial charge < -0.3 is 21.3 Å². The molecule has 0 spiro atoms. The molecule has 0 aliphatic rings. The molecule has 0 aromatic carbocycles. The van der Waals surface area contributed by atoms with Crippen LogP contribution in [0.5, 0.6) is 0 Å². The predicted molar refractivity (Wildman–Crippen MR) is 48.8 cm³/mol. The lowest BCUT2D eigenvalue weighted by Crippen LogP contribution is -2.32. The summed E-state index contributed by atoms with van der Waals surface area (Å²) in [6.07, 6.45) is -3.99. The van der Waals surface area contributed by atoms with Crippen molar-refractivity contribution in [1.29, 1.82) is 0 Å². The molecule has 0 radical (unpaired) electrons. The number of rotatable bonds is 3. The second-order valence-corrected chi connectivity index (χ2v) is 1.68. The van der Waals surface area contributed by atoms with Crippen molar-refractivity contribution in [3.8, 4) is 0 Å². The van der Waals surface area contributed by atoms with E-state index in [1.54, 1.807) is 0 Å². The molecule has 1 atom stereocenters. The zero-order chi connectivity index (χ0) is 12.7. The molecule has 76 valence electrons. The van der Waals surface area contributed by atoms with Crippen LogP contribution in [0.1, 0.15) is 12.5 Å². The highest BCUT2D eigenvalue weighted by molar-refractivity contribution is 5.85. The monoisotopic (exact) mass is 223 g/mol. The topological polar surface area (TPSA) is 124 Å². The van der Waals surface area contributed by atoms with Crippen LogP contribution in [0.15, 0.2) is 12.5 Å². The van der Waals surface area contributed by atoms with Gasteiger partial charge in [0, 0.05) is 21.0 Å². The highest BCUT2D eigenvalue weighted by atomic mass is 35.5. The molecule has 7 heteroatoms. The van der Waals surface area contributed by atoms with Crippen LogP contribution < -0.4 is 5.73 Å². The predicted octanol–water partition coefficient (Wildman–Crippen LogP) is -1.04. The molecule has 1 rings (SSSR count). The van der Waals surface area contributed by atoms with Crippen molar-refractivity contribution < 1.29 is 22.2 Å². The van der Waals surface area contributed by atoms with E-state index in [1.165, 1.54) is 0 Å². The summed E-state index contributed by atoms with van der Waals surface area (Å²) in [6, 6.07) is -2.97. The fourth-order valence-corrected chi connectivity index (χ4v) is 0.443. The molecule has 0 unspecified atom stereocenters. The summed E-state index contributed by atoms with van der Waals surface area (Å²) in [7, 11) is 0. The number of aromatic amines is 1. The zero-order valence-corrected chi connectivity index (χ0v) is 7.10. The second-order valence-electron chi connectivity index (χ2n) is 1.68. The third kappa shape index (κ3) is 4.46. The van der Waals surface area contributed by atoms with Crippen LogP contribution in [0.25, 0.3) is 0 Å². The van der Waals surface area contributed by atoms with Crippen molar-refractivity contribution in [3.05, 3.63) is 18.2 Å². The first-order chi connectivity index (χ1) is 7.10. The number of nitrogens with zero attached hydrogens (tertiary/aromatic N) is 1. The van der Waals surface area contributed by atoms with Gasteiger partial charge in [0.1, 0.15) is 7.39 Å². The first-order valence-electron chi connectivity index (χ1n) is 5.16. The summed E-state index contributed by atoms with van der Waals surface area (Å²) in [5, 5.41) is 8.64. The van der Waals surface area contributed by atoms with Gasteiger partial charge in [-0.25, -0.2) is 4.98 Å². The maximum Gasteiger partial charge on any atom is 0.320 e. The maximum absolute atomic E-state index is 10.7. The van der Waals surface area contributed by atoms with Crippen LogP contribution in [-0.2, 0) is 11.2 Å². The van der Waals surface area contributed by atoms with E-state index in [1.807, 2.05) is 0 Å². The Morgan fingerprint density at radius 3 is 3.08 bits per heavy atom. The Labute approximate surface area is 87.9 Å². The maximum atomic E-state index is 10.7. The lowest BCUT2D eigenvalue weighted by atomic mass is 11.2. The van der Waals surface area contributed by atoms with Gasteiger partial charge in [-0.05, 0) is 0 Å². The van der Waals surface area contributed by atoms with Crippen LogP contribution in [0, 0.1) is 0 Å². The number of nitrogens with one attached hydrogen (secondary N) is 1. The van der Waals surface area contributed by atoms with E-state index < -0.39 is 36.5 Å². The molecule has 6 N–H and O–H groups in total. The summed E-state index contributed by atoms with van der Waals surface area (Å²) in [5.41, 5.74) is 4.45. The Morgan fingerprint density at radius 2 is 2.69 bits per heavy atom. The van der Waals surface area contributed by atoms with Gasteiger partial charge >= 0.3 is 5.97 Å². The number of hydrogen-bond donors (Lipinski definition) is 3. The lowest BCUT2D eigenvalue weighted by Gasteiger charge is -2.02. The number of aliphatic carboxylic acids is 1. The summed E-state index contributed by atoms with van der Waals surface area (Å²) in [5.74, 6) is -1.88. The fraction of sp³-hybridized carbons (Fsp3) is 0.333. The van der Waals surface area contributed by atoms with Gasteiger partial charge in [-0.3, -0.25) is 4.79 Å². The van der Waals surface area contributed by atoms with E-state index in [9.17, 15) is 4.79 Å². The lowest BCUT2D eigenvalue weighted by molar-refractivity contribution is -0.138. The quantitative estimate of drug-likeness (QED) is 0.447. The van der Waals surface area contributed by atoms with E-state index in [-0.39, 0.29) is 17.9 Å². The molecule has 0 aliphatic carbocycles. The molecule has 1 heterocycles. The fourth-order valence-electron chi connectivity index (χ4n) is 0.443. The first kappa shape index (κ1) is 6.36. The van der Waals surface area contributed by atoms with Crippen LogP contribution >= 0.6 is 12.4 Å². The third-order valence-electron chi connectivity index (χ3n) is 0.895. The molecular weight excluding hydrogens is 206 g/mol. The third-order valence-corrected chi connectivity index (χ3v) is 0.895. The largest absolute Gasteiger partial charge is 0.480 e. The van der Waals surface area contributed by atoms with Crippen molar-refractivity contribution in [3.63, 3.8) is 0 Å². The van der Waals surface area contributed by atoms with Gasteiger partial charge in [0.2, 0.25) is 0 Å². The van der Waals surface area contributed by atoms with E-state index in [2.05, 4.69) is 9.97 Å². The van der Waals surface area contributed by atoms with Crippen LogP contribution in [-0.4, -0.2) is 32.5 Å². The van der Waals surface area contributed by atoms with Crippen molar-refractivity contribution in [2.24, 2.45) is 5.73 Å². The highest BCUT2D eigenvalue weighted by Gasteiger charge is 2.11. The molecule has 13 heavy (non-hydrogen) atoms. The zero-order valence-electron chi connectivity index (χ0n) is 11.3. The molecule has 0 fully saturated rings.